The molecule has 0 atom stereocenters. The van der Waals surface area contributed by atoms with Crippen molar-refractivity contribution < 1.29 is 9.53 Å². The molecule has 2 rings (SSSR count). The van der Waals surface area contributed by atoms with E-state index in [0.29, 0.717) is 17.5 Å². The zero-order chi connectivity index (χ0) is 13.7. The van der Waals surface area contributed by atoms with Crippen LogP contribution in [0.4, 0.5) is 0 Å². The zero-order valence-corrected chi connectivity index (χ0v) is 10.6. The fourth-order valence-electron chi connectivity index (χ4n) is 1.88. The maximum atomic E-state index is 11.3. The first-order chi connectivity index (χ1) is 9.24. The van der Waals surface area contributed by atoms with Gasteiger partial charge in [-0.3, -0.25) is 0 Å². The van der Waals surface area contributed by atoms with Gasteiger partial charge < -0.3 is 4.74 Å². The van der Waals surface area contributed by atoms with Crippen molar-refractivity contribution in [3.8, 4) is 6.07 Å². The zero-order valence-electron chi connectivity index (χ0n) is 10.6. The van der Waals surface area contributed by atoms with Gasteiger partial charge in [0.25, 0.3) is 0 Å². The molecule has 19 heavy (non-hydrogen) atoms. The van der Waals surface area contributed by atoms with Crippen LogP contribution in [0, 0.1) is 11.3 Å². The van der Waals surface area contributed by atoms with Gasteiger partial charge in [0.15, 0.2) is 0 Å². The SMILES string of the molecule is COC(=O)c1ccc(Cc2ccccc2C#N)cc1. The van der Waals surface area contributed by atoms with E-state index in [-0.39, 0.29) is 5.97 Å². The van der Waals surface area contributed by atoms with Crippen molar-refractivity contribution >= 4 is 5.97 Å². The molecule has 0 aromatic heterocycles. The Morgan fingerprint density at radius 2 is 1.84 bits per heavy atom. The number of benzene rings is 2. The van der Waals surface area contributed by atoms with Gasteiger partial charge in [-0.1, -0.05) is 30.3 Å². The third-order valence-corrected chi connectivity index (χ3v) is 2.91. The monoisotopic (exact) mass is 251 g/mol. The van der Waals surface area contributed by atoms with E-state index in [2.05, 4.69) is 10.8 Å². The normalized spacial score (nSPS) is 9.68. The Balaban J connectivity index is 2.20. The molecule has 0 saturated carbocycles. The lowest BCUT2D eigenvalue weighted by molar-refractivity contribution is 0.0600. The highest BCUT2D eigenvalue weighted by Gasteiger charge is 2.06. The van der Waals surface area contributed by atoms with Crippen molar-refractivity contribution in [3.05, 3.63) is 70.8 Å². The number of carbonyl (C=O) groups excluding carboxylic acids is 1. The summed E-state index contributed by atoms with van der Waals surface area (Å²) in [7, 11) is 1.36. The van der Waals surface area contributed by atoms with Crippen molar-refractivity contribution in [1.29, 1.82) is 5.26 Å². The Morgan fingerprint density at radius 1 is 1.16 bits per heavy atom. The average Bonchev–Trinajstić information content (AvgIpc) is 2.48. The molecule has 0 radical (unpaired) electrons. The van der Waals surface area contributed by atoms with Gasteiger partial charge >= 0.3 is 5.97 Å². The number of methoxy groups -OCH3 is 1. The average molecular weight is 251 g/mol. The van der Waals surface area contributed by atoms with Crippen LogP contribution in [0.25, 0.3) is 0 Å². The molecule has 0 N–H and O–H groups in total. The van der Waals surface area contributed by atoms with Crippen LogP contribution < -0.4 is 0 Å². The van der Waals surface area contributed by atoms with Gasteiger partial charge in [-0.05, 0) is 35.7 Å². The minimum atomic E-state index is -0.344. The number of hydrogen-bond donors (Lipinski definition) is 0. The Hall–Kier alpha value is -2.60. The van der Waals surface area contributed by atoms with Crippen LogP contribution in [-0.2, 0) is 11.2 Å². The molecule has 0 amide bonds. The smallest absolute Gasteiger partial charge is 0.337 e. The lowest BCUT2D eigenvalue weighted by Crippen LogP contribution is -2.01. The Kier molecular flexibility index (Phi) is 3.94. The Morgan fingerprint density at radius 3 is 2.47 bits per heavy atom. The van der Waals surface area contributed by atoms with Crippen molar-refractivity contribution in [2.45, 2.75) is 6.42 Å². The van der Waals surface area contributed by atoms with Gasteiger partial charge in [-0.15, -0.1) is 0 Å². The number of nitriles is 1. The summed E-state index contributed by atoms with van der Waals surface area (Å²) in [6, 6.07) is 16.9. The van der Waals surface area contributed by atoms with Crippen molar-refractivity contribution in [2.24, 2.45) is 0 Å². The summed E-state index contributed by atoms with van der Waals surface area (Å²) >= 11 is 0. The van der Waals surface area contributed by atoms with Crippen LogP contribution in [-0.4, -0.2) is 13.1 Å². The number of nitrogens with zero attached hydrogens (tertiary/aromatic N) is 1. The molecule has 0 heterocycles. The molecule has 0 spiro atoms. The number of rotatable bonds is 3. The van der Waals surface area contributed by atoms with Crippen LogP contribution >= 0.6 is 0 Å². The predicted molar refractivity (Wildman–Crippen MR) is 71.7 cm³/mol. The second-order valence-corrected chi connectivity index (χ2v) is 4.13. The summed E-state index contributed by atoms with van der Waals surface area (Å²) in [5.41, 5.74) is 3.24. The number of hydrogen-bond acceptors (Lipinski definition) is 3. The van der Waals surface area contributed by atoms with Gasteiger partial charge in [0, 0.05) is 0 Å². The molecule has 0 unspecified atom stereocenters. The maximum Gasteiger partial charge on any atom is 0.337 e. The fraction of sp³-hybridized carbons (Fsp3) is 0.125. The molecule has 0 aliphatic carbocycles. The Bertz CT molecular complexity index is 624. The van der Waals surface area contributed by atoms with E-state index in [1.54, 1.807) is 18.2 Å². The van der Waals surface area contributed by atoms with Gasteiger partial charge in [0.2, 0.25) is 0 Å². The molecule has 0 aliphatic rings. The highest BCUT2D eigenvalue weighted by molar-refractivity contribution is 5.89. The summed E-state index contributed by atoms with van der Waals surface area (Å²) in [5.74, 6) is -0.344. The number of ether oxygens (including phenoxy) is 1. The van der Waals surface area contributed by atoms with Crippen molar-refractivity contribution in [2.75, 3.05) is 7.11 Å². The van der Waals surface area contributed by atoms with Crippen LogP contribution in [0.2, 0.25) is 0 Å². The molecule has 3 heteroatoms. The van der Waals surface area contributed by atoms with Gasteiger partial charge in [0.1, 0.15) is 0 Å². The summed E-state index contributed by atoms with van der Waals surface area (Å²) in [6.45, 7) is 0. The highest BCUT2D eigenvalue weighted by Crippen LogP contribution is 2.14. The molecule has 94 valence electrons. The predicted octanol–water partition coefficient (Wildman–Crippen LogP) is 2.94. The van der Waals surface area contributed by atoms with E-state index in [0.717, 1.165) is 11.1 Å². The van der Waals surface area contributed by atoms with Crippen LogP contribution in [0.5, 0.6) is 0 Å². The quantitative estimate of drug-likeness (QED) is 0.788. The third-order valence-electron chi connectivity index (χ3n) is 2.91. The summed E-state index contributed by atoms with van der Waals surface area (Å²) in [6.07, 6.45) is 0.672. The van der Waals surface area contributed by atoms with E-state index in [4.69, 9.17) is 5.26 Å². The highest BCUT2D eigenvalue weighted by atomic mass is 16.5. The van der Waals surface area contributed by atoms with Crippen LogP contribution in [0.1, 0.15) is 27.0 Å². The van der Waals surface area contributed by atoms with Crippen molar-refractivity contribution in [1.82, 2.24) is 0 Å². The van der Waals surface area contributed by atoms with E-state index < -0.39 is 0 Å². The molecular formula is C16H13NO2. The molecular weight excluding hydrogens is 238 g/mol. The molecule has 0 aliphatic heterocycles. The first-order valence-corrected chi connectivity index (χ1v) is 5.90. The largest absolute Gasteiger partial charge is 0.465 e. The van der Waals surface area contributed by atoms with Gasteiger partial charge in [-0.2, -0.15) is 5.26 Å². The molecule has 0 saturated heterocycles. The first kappa shape index (κ1) is 12.8. The fourth-order valence-corrected chi connectivity index (χ4v) is 1.88. The van der Waals surface area contributed by atoms with E-state index in [1.807, 2.05) is 30.3 Å². The van der Waals surface area contributed by atoms with E-state index in [9.17, 15) is 4.79 Å². The molecule has 0 fully saturated rings. The van der Waals surface area contributed by atoms with Gasteiger partial charge in [-0.25, -0.2) is 4.79 Å². The van der Waals surface area contributed by atoms with Crippen LogP contribution in [0.3, 0.4) is 0 Å². The summed E-state index contributed by atoms with van der Waals surface area (Å²) in [4.78, 5) is 11.3. The summed E-state index contributed by atoms with van der Waals surface area (Å²) < 4.78 is 4.65. The first-order valence-electron chi connectivity index (χ1n) is 5.90. The van der Waals surface area contributed by atoms with Crippen molar-refractivity contribution in [3.63, 3.8) is 0 Å². The standard InChI is InChI=1S/C16H13NO2/c1-19-16(18)13-8-6-12(7-9-13)10-14-4-2-3-5-15(14)11-17/h2-9H,10H2,1H3. The van der Waals surface area contributed by atoms with Gasteiger partial charge in [0.05, 0.1) is 24.3 Å². The van der Waals surface area contributed by atoms with E-state index in [1.165, 1.54) is 7.11 Å². The number of esters is 1. The molecule has 2 aromatic carbocycles. The Labute approximate surface area is 112 Å². The number of carbonyl (C=O) groups is 1. The molecule has 2 aromatic rings. The molecule has 3 nitrogen and oxygen atoms in total. The lowest BCUT2D eigenvalue weighted by atomic mass is 10.00. The third kappa shape index (κ3) is 2.99. The maximum absolute atomic E-state index is 11.3. The second kappa shape index (κ2) is 5.83. The minimum Gasteiger partial charge on any atom is -0.465 e. The van der Waals surface area contributed by atoms with E-state index >= 15 is 0 Å². The summed E-state index contributed by atoms with van der Waals surface area (Å²) in [5, 5.41) is 9.03. The lowest BCUT2D eigenvalue weighted by Gasteiger charge is -2.05. The minimum absolute atomic E-state index is 0.344. The second-order valence-electron chi connectivity index (χ2n) is 4.13. The van der Waals surface area contributed by atoms with Crippen LogP contribution in [0.15, 0.2) is 48.5 Å². The topological polar surface area (TPSA) is 50.1 Å². The molecule has 0 bridgehead atoms.